The Bertz CT molecular complexity index is 408. The highest BCUT2D eigenvalue weighted by molar-refractivity contribution is 5.73. The van der Waals surface area contributed by atoms with Crippen molar-refractivity contribution in [3.63, 3.8) is 0 Å². The second kappa shape index (κ2) is 5.16. The maximum Gasteiger partial charge on any atom is 0.339 e. The van der Waals surface area contributed by atoms with Gasteiger partial charge in [-0.2, -0.15) is 0 Å². The van der Waals surface area contributed by atoms with Gasteiger partial charge in [0.25, 0.3) is 0 Å². The van der Waals surface area contributed by atoms with Gasteiger partial charge in [-0.05, 0) is 24.0 Å². The van der Waals surface area contributed by atoms with Crippen molar-refractivity contribution >= 4 is 6.03 Å². The lowest BCUT2D eigenvalue weighted by Crippen LogP contribution is -2.38. The van der Waals surface area contributed by atoms with Crippen LogP contribution in [0.15, 0.2) is 24.3 Å². The molecular formula is C12H16N2O3. The Balaban J connectivity index is 2.16. The molecule has 1 aromatic rings. The van der Waals surface area contributed by atoms with E-state index < -0.39 is 6.10 Å². The Hall–Kier alpha value is -1.59. The molecule has 2 atom stereocenters. The Labute approximate surface area is 99.7 Å². The first-order valence-electron chi connectivity index (χ1n) is 5.58. The van der Waals surface area contributed by atoms with E-state index in [9.17, 15) is 9.90 Å². The van der Waals surface area contributed by atoms with Crippen molar-refractivity contribution in [3.8, 4) is 0 Å². The Kier molecular flexibility index (Phi) is 3.61. The van der Waals surface area contributed by atoms with E-state index in [-0.39, 0.29) is 12.1 Å². The highest BCUT2D eigenvalue weighted by Crippen LogP contribution is 2.35. The summed E-state index contributed by atoms with van der Waals surface area (Å²) in [6.07, 6.45) is 0.930. The number of hydrogen-bond acceptors (Lipinski definition) is 3. The third-order valence-electron chi connectivity index (χ3n) is 2.96. The number of hydroxylamine groups is 1. The van der Waals surface area contributed by atoms with Gasteiger partial charge >= 0.3 is 6.03 Å². The highest BCUT2D eigenvalue weighted by Gasteiger charge is 2.26. The molecule has 0 bridgehead atoms. The average Bonchev–Trinajstić information content (AvgIpc) is 2.34. The first kappa shape index (κ1) is 11.9. The van der Waals surface area contributed by atoms with Crippen LogP contribution in [0.1, 0.15) is 36.1 Å². The minimum Gasteiger partial charge on any atom is -0.388 e. The zero-order chi connectivity index (χ0) is 12.3. The third kappa shape index (κ3) is 2.57. The minimum atomic E-state index is -0.435. The van der Waals surface area contributed by atoms with Crippen LogP contribution in [0, 0.1) is 0 Å². The molecule has 17 heavy (non-hydrogen) atoms. The first-order valence-corrected chi connectivity index (χ1v) is 5.58. The molecule has 1 aliphatic rings. The number of benzene rings is 1. The molecule has 1 aliphatic carbocycles. The summed E-state index contributed by atoms with van der Waals surface area (Å²) in [7, 11) is 1.39. The quantitative estimate of drug-likeness (QED) is 0.680. The lowest BCUT2D eigenvalue weighted by atomic mass is 9.86. The summed E-state index contributed by atoms with van der Waals surface area (Å²) in [6, 6.07) is 7.16. The molecular weight excluding hydrogens is 220 g/mol. The summed E-state index contributed by atoms with van der Waals surface area (Å²) in [4.78, 5) is 15.9. The van der Waals surface area contributed by atoms with Gasteiger partial charge in [0.2, 0.25) is 0 Å². The number of carbonyl (C=O) groups excluding carboxylic acids is 1. The number of urea groups is 1. The maximum atomic E-state index is 11.4. The topological polar surface area (TPSA) is 70.6 Å². The van der Waals surface area contributed by atoms with Gasteiger partial charge < -0.3 is 10.4 Å². The van der Waals surface area contributed by atoms with E-state index >= 15 is 0 Å². The van der Waals surface area contributed by atoms with Crippen LogP contribution in [0.25, 0.3) is 0 Å². The van der Waals surface area contributed by atoms with Crippen LogP contribution in [-0.4, -0.2) is 18.2 Å². The van der Waals surface area contributed by atoms with Gasteiger partial charge in [0, 0.05) is 0 Å². The second-order valence-corrected chi connectivity index (χ2v) is 4.05. The monoisotopic (exact) mass is 236 g/mol. The van der Waals surface area contributed by atoms with Gasteiger partial charge in [0.05, 0.1) is 19.3 Å². The molecule has 1 aromatic carbocycles. The number of rotatable bonds is 2. The predicted molar refractivity (Wildman–Crippen MR) is 62.1 cm³/mol. The van der Waals surface area contributed by atoms with Crippen molar-refractivity contribution in [3.05, 3.63) is 35.4 Å². The van der Waals surface area contributed by atoms with Crippen LogP contribution in [0.3, 0.4) is 0 Å². The van der Waals surface area contributed by atoms with E-state index in [0.29, 0.717) is 6.42 Å². The second-order valence-electron chi connectivity index (χ2n) is 4.05. The zero-order valence-electron chi connectivity index (χ0n) is 9.64. The van der Waals surface area contributed by atoms with Crippen LogP contribution >= 0.6 is 0 Å². The molecule has 2 rings (SSSR count). The molecule has 0 heterocycles. The fourth-order valence-electron chi connectivity index (χ4n) is 2.20. The number of fused-ring (bicyclic) bond motifs is 1. The van der Waals surface area contributed by atoms with Gasteiger partial charge in [0.1, 0.15) is 0 Å². The maximum absolute atomic E-state index is 11.4. The Morgan fingerprint density at radius 1 is 1.35 bits per heavy atom. The Morgan fingerprint density at radius 3 is 2.76 bits per heavy atom. The fraction of sp³-hybridized carbons (Fsp3) is 0.417. The van der Waals surface area contributed by atoms with E-state index in [1.165, 1.54) is 7.11 Å². The molecule has 5 heteroatoms. The molecule has 0 aromatic heterocycles. The predicted octanol–water partition coefficient (Wildman–Crippen LogP) is 1.42. The normalized spacial score (nSPS) is 22.7. The molecule has 0 aliphatic heterocycles. The molecule has 0 spiro atoms. The number of aliphatic hydroxyl groups is 1. The van der Waals surface area contributed by atoms with Gasteiger partial charge in [-0.3, -0.25) is 4.84 Å². The standard InChI is InChI=1S/C12H16N2O3/c1-17-14-12(16)13-10-6-7-11(15)9-5-3-2-4-8(9)10/h2-5,10-11,15H,6-7H2,1H3,(H2,13,14,16). The van der Waals surface area contributed by atoms with Crippen molar-refractivity contribution in [2.45, 2.75) is 25.0 Å². The van der Waals surface area contributed by atoms with E-state index in [4.69, 9.17) is 0 Å². The summed E-state index contributed by atoms with van der Waals surface area (Å²) in [5, 5.41) is 12.7. The summed E-state index contributed by atoms with van der Waals surface area (Å²) in [5.41, 5.74) is 4.08. The van der Waals surface area contributed by atoms with Crippen LogP contribution in [0.4, 0.5) is 4.79 Å². The average molecular weight is 236 g/mol. The van der Waals surface area contributed by atoms with Gasteiger partial charge in [-0.1, -0.05) is 24.3 Å². The number of hydrogen-bond donors (Lipinski definition) is 3. The molecule has 0 radical (unpaired) electrons. The highest BCUT2D eigenvalue weighted by atomic mass is 16.6. The number of aliphatic hydroxyl groups excluding tert-OH is 1. The molecule has 0 fully saturated rings. The summed E-state index contributed by atoms with van der Waals surface area (Å²) >= 11 is 0. The largest absolute Gasteiger partial charge is 0.388 e. The van der Waals surface area contributed by atoms with Gasteiger partial charge in [0.15, 0.2) is 0 Å². The first-order chi connectivity index (χ1) is 8.22. The third-order valence-corrected chi connectivity index (χ3v) is 2.96. The van der Waals surface area contributed by atoms with Gasteiger partial charge in [-0.25, -0.2) is 10.3 Å². The molecule has 3 N–H and O–H groups in total. The van der Waals surface area contributed by atoms with Crippen LogP contribution in [0.2, 0.25) is 0 Å². The summed E-state index contributed by atoms with van der Waals surface area (Å²) < 4.78 is 0. The lowest BCUT2D eigenvalue weighted by molar-refractivity contribution is 0.103. The minimum absolute atomic E-state index is 0.0789. The van der Waals surface area contributed by atoms with Crippen molar-refractivity contribution < 1.29 is 14.7 Å². The van der Waals surface area contributed by atoms with Crippen LogP contribution in [0.5, 0.6) is 0 Å². The van der Waals surface area contributed by atoms with Crippen molar-refractivity contribution in [1.82, 2.24) is 10.8 Å². The fourth-order valence-corrected chi connectivity index (χ4v) is 2.20. The van der Waals surface area contributed by atoms with Crippen molar-refractivity contribution in [1.29, 1.82) is 0 Å². The smallest absolute Gasteiger partial charge is 0.339 e. The molecule has 0 saturated heterocycles. The lowest BCUT2D eigenvalue weighted by Gasteiger charge is -2.29. The van der Waals surface area contributed by atoms with E-state index in [2.05, 4.69) is 15.6 Å². The molecule has 2 amide bonds. The van der Waals surface area contributed by atoms with Crippen LogP contribution in [-0.2, 0) is 4.84 Å². The Morgan fingerprint density at radius 2 is 2.06 bits per heavy atom. The zero-order valence-corrected chi connectivity index (χ0v) is 9.64. The van der Waals surface area contributed by atoms with Crippen molar-refractivity contribution in [2.75, 3.05) is 7.11 Å². The molecule has 0 saturated carbocycles. The van der Waals surface area contributed by atoms with E-state index in [0.717, 1.165) is 17.5 Å². The summed E-state index contributed by atoms with van der Waals surface area (Å²) in [6.45, 7) is 0. The molecule has 2 unspecified atom stereocenters. The number of carbonyl (C=O) groups is 1. The van der Waals surface area contributed by atoms with Gasteiger partial charge in [-0.15, -0.1) is 0 Å². The van der Waals surface area contributed by atoms with Crippen molar-refractivity contribution in [2.24, 2.45) is 0 Å². The molecule has 5 nitrogen and oxygen atoms in total. The van der Waals surface area contributed by atoms with Crippen LogP contribution < -0.4 is 10.8 Å². The number of nitrogens with one attached hydrogen (secondary N) is 2. The SMILES string of the molecule is CONC(=O)NC1CCC(O)c2ccccc21. The molecule has 92 valence electrons. The summed E-state index contributed by atoms with van der Waals surface area (Å²) in [5.74, 6) is 0. The van der Waals surface area contributed by atoms with E-state index in [1.54, 1.807) is 0 Å². The number of amides is 2. The van der Waals surface area contributed by atoms with E-state index in [1.807, 2.05) is 24.3 Å².